The molecule has 0 aromatic heterocycles. The number of carbonyl (C=O) groups is 1. The van der Waals surface area contributed by atoms with Crippen LogP contribution >= 0.6 is 0 Å². The highest BCUT2D eigenvalue weighted by Gasteiger charge is 2.30. The first-order chi connectivity index (χ1) is 10.2. The van der Waals surface area contributed by atoms with Crippen LogP contribution in [0.5, 0.6) is 11.5 Å². The molecule has 1 aromatic carbocycles. The van der Waals surface area contributed by atoms with Gasteiger partial charge in [-0.25, -0.2) is 0 Å². The number of amides is 1. The van der Waals surface area contributed by atoms with E-state index >= 15 is 0 Å². The van der Waals surface area contributed by atoms with Crippen LogP contribution in [0.4, 0.5) is 0 Å². The average molecular weight is 292 g/mol. The van der Waals surface area contributed by atoms with Crippen LogP contribution in [0.3, 0.4) is 0 Å². The van der Waals surface area contributed by atoms with E-state index in [4.69, 9.17) is 19.9 Å². The van der Waals surface area contributed by atoms with Crippen molar-refractivity contribution in [1.29, 1.82) is 0 Å². The van der Waals surface area contributed by atoms with Crippen molar-refractivity contribution < 1.29 is 19.0 Å². The minimum Gasteiger partial charge on any atom is -0.486 e. The fourth-order valence-corrected chi connectivity index (χ4v) is 2.59. The Kier molecular flexibility index (Phi) is 3.98. The number of hydrogen-bond acceptors (Lipinski definition) is 5. The Labute approximate surface area is 123 Å². The molecule has 0 radical (unpaired) electrons. The molecule has 1 fully saturated rings. The molecule has 1 aromatic rings. The molecule has 1 saturated heterocycles. The second-order valence-electron chi connectivity index (χ2n) is 5.35. The van der Waals surface area contributed by atoms with Gasteiger partial charge in [-0.1, -0.05) is 6.07 Å². The van der Waals surface area contributed by atoms with E-state index < -0.39 is 0 Å². The van der Waals surface area contributed by atoms with E-state index in [-0.39, 0.29) is 18.1 Å². The summed E-state index contributed by atoms with van der Waals surface area (Å²) in [6, 6.07) is 5.29. The standard InChI is InChI=1S/C15H20N2O4/c1-10(16)13-9-17(5-6-19-13)15(18)11-3-2-4-12-14(11)21-8-7-20-12/h2-4,10,13H,5-9,16H2,1H3. The smallest absolute Gasteiger partial charge is 0.257 e. The summed E-state index contributed by atoms with van der Waals surface area (Å²) < 4.78 is 16.7. The number of nitrogens with two attached hydrogens (primary N) is 1. The SMILES string of the molecule is CC(N)C1CN(C(=O)c2cccc3c2OCCO3)CCO1. The quantitative estimate of drug-likeness (QED) is 0.866. The molecule has 21 heavy (non-hydrogen) atoms. The highest BCUT2D eigenvalue weighted by molar-refractivity contribution is 5.98. The van der Waals surface area contributed by atoms with Gasteiger partial charge in [0, 0.05) is 19.1 Å². The maximum atomic E-state index is 12.7. The summed E-state index contributed by atoms with van der Waals surface area (Å²) in [5.41, 5.74) is 6.41. The first-order valence-electron chi connectivity index (χ1n) is 7.22. The number of hydrogen-bond donors (Lipinski definition) is 1. The van der Waals surface area contributed by atoms with Crippen molar-refractivity contribution in [2.45, 2.75) is 19.1 Å². The topological polar surface area (TPSA) is 74.0 Å². The molecule has 0 bridgehead atoms. The Bertz CT molecular complexity index is 532. The van der Waals surface area contributed by atoms with Gasteiger partial charge in [-0.2, -0.15) is 0 Å². The molecule has 2 atom stereocenters. The van der Waals surface area contributed by atoms with Crippen LogP contribution in [0.15, 0.2) is 18.2 Å². The lowest BCUT2D eigenvalue weighted by Crippen LogP contribution is -2.51. The lowest BCUT2D eigenvalue weighted by molar-refractivity contribution is -0.0301. The lowest BCUT2D eigenvalue weighted by Gasteiger charge is -2.35. The number of para-hydroxylation sites is 1. The maximum Gasteiger partial charge on any atom is 0.257 e. The van der Waals surface area contributed by atoms with Crippen molar-refractivity contribution in [1.82, 2.24) is 4.90 Å². The number of fused-ring (bicyclic) bond motifs is 1. The van der Waals surface area contributed by atoms with Crippen LogP contribution in [0.25, 0.3) is 0 Å². The molecular weight excluding hydrogens is 272 g/mol. The van der Waals surface area contributed by atoms with E-state index in [9.17, 15) is 4.79 Å². The lowest BCUT2D eigenvalue weighted by atomic mass is 10.1. The molecule has 0 aliphatic carbocycles. The molecule has 2 N–H and O–H groups in total. The van der Waals surface area contributed by atoms with Gasteiger partial charge in [-0.05, 0) is 19.1 Å². The normalized spacial score (nSPS) is 22.8. The summed E-state index contributed by atoms with van der Waals surface area (Å²) in [5, 5.41) is 0. The number of carbonyl (C=O) groups excluding carboxylic acids is 1. The zero-order valence-electron chi connectivity index (χ0n) is 12.1. The summed E-state index contributed by atoms with van der Waals surface area (Å²) >= 11 is 0. The number of morpholine rings is 1. The van der Waals surface area contributed by atoms with E-state index in [1.54, 1.807) is 11.0 Å². The summed E-state index contributed by atoms with van der Waals surface area (Å²) in [7, 11) is 0. The van der Waals surface area contributed by atoms with Crippen LogP contribution in [-0.4, -0.2) is 55.9 Å². The minimum atomic E-state index is -0.126. The predicted octanol–water partition coefficient (Wildman–Crippen LogP) is 0.646. The molecule has 6 nitrogen and oxygen atoms in total. The molecule has 2 heterocycles. The molecule has 1 amide bonds. The van der Waals surface area contributed by atoms with Gasteiger partial charge >= 0.3 is 0 Å². The zero-order chi connectivity index (χ0) is 14.8. The monoisotopic (exact) mass is 292 g/mol. The van der Waals surface area contributed by atoms with Crippen molar-refractivity contribution in [3.63, 3.8) is 0 Å². The van der Waals surface area contributed by atoms with Gasteiger partial charge in [-0.15, -0.1) is 0 Å². The highest BCUT2D eigenvalue weighted by Crippen LogP contribution is 2.34. The Morgan fingerprint density at radius 2 is 2.14 bits per heavy atom. The molecule has 2 aliphatic rings. The van der Waals surface area contributed by atoms with Gasteiger partial charge in [0.1, 0.15) is 13.2 Å². The van der Waals surface area contributed by atoms with Gasteiger partial charge in [-0.3, -0.25) is 4.79 Å². The van der Waals surface area contributed by atoms with Gasteiger partial charge in [0.05, 0.1) is 18.3 Å². The van der Waals surface area contributed by atoms with E-state index in [0.29, 0.717) is 50.0 Å². The maximum absolute atomic E-state index is 12.7. The fourth-order valence-electron chi connectivity index (χ4n) is 2.59. The molecule has 6 heteroatoms. The number of ether oxygens (including phenoxy) is 3. The van der Waals surface area contributed by atoms with E-state index in [0.717, 1.165) is 0 Å². The van der Waals surface area contributed by atoms with Crippen LogP contribution in [-0.2, 0) is 4.74 Å². The van der Waals surface area contributed by atoms with Crippen molar-refractivity contribution >= 4 is 5.91 Å². The first kappa shape index (κ1) is 14.2. The summed E-state index contributed by atoms with van der Waals surface area (Å²) in [6.07, 6.45) is -0.126. The van der Waals surface area contributed by atoms with Crippen LogP contribution in [0.1, 0.15) is 17.3 Å². The third-order valence-corrected chi connectivity index (χ3v) is 3.76. The van der Waals surface area contributed by atoms with Gasteiger partial charge in [0.15, 0.2) is 11.5 Å². The van der Waals surface area contributed by atoms with E-state index in [1.807, 2.05) is 19.1 Å². The van der Waals surface area contributed by atoms with Gasteiger partial charge in [0.2, 0.25) is 0 Å². The van der Waals surface area contributed by atoms with Crippen molar-refractivity contribution in [2.75, 3.05) is 32.9 Å². The molecule has 0 spiro atoms. The molecule has 2 unspecified atom stereocenters. The van der Waals surface area contributed by atoms with Gasteiger partial charge < -0.3 is 24.8 Å². The second-order valence-corrected chi connectivity index (χ2v) is 5.35. The van der Waals surface area contributed by atoms with Crippen LogP contribution in [0, 0.1) is 0 Å². The van der Waals surface area contributed by atoms with E-state index in [2.05, 4.69) is 0 Å². The fraction of sp³-hybridized carbons (Fsp3) is 0.533. The van der Waals surface area contributed by atoms with E-state index in [1.165, 1.54) is 0 Å². The third kappa shape index (κ3) is 2.82. The summed E-state index contributed by atoms with van der Waals surface area (Å²) in [6.45, 7) is 4.43. The third-order valence-electron chi connectivity index (χ3n) is 3.76. The highest BCUT2D eigenvalue weighted by atomic mass is 16.6. The Hall–Kier alpha value is -1.79. The second kappa shape index (κ2) is 5.91. The Balaban J connectivity index is 1.82. The Morgan fingerprint density at radius 1 is 1.33 bits per heavy atom. The van der Waals surface area contributed by atoms with Crippen molar-refractivity contribution in [3.8, 4) is 11.5 Å². The predicted molar refractivity (Wildman–Crippen MR) is 76.7 cm³/mol. The van der Waals surface area contributed by atoms with Crippen LogP contribution < -0.4 is 15.2 Å². The number of benzene rings is 1. The van der Waals surface area contributed by atoms with Crippen molar-refractivity contribution in [2.24, 2.45) is 5.73 Å². The number of rotatable bonds is 2. The van der Waals surface area contributed by atoms with Crippen molar-refractivity contribution in [3.05, 3.63) is 23.8 Å². The minimum absolute atomic E-state index is 0.0636. The number of nitrogens with zero attached hydrogens (tertiary/aromatic N) is 1. The first-order valence-corrected chi connectivity index (χ1v) is 7.22. The molecule has 114 valence electrons. The molecular formula is C15H20N2O4. The summed E-state index contributed by atoms with van der Waals surface area (Å²) in [4.78, 5) is 14.5. The van der Waals surface area contributed by atoms with Gasteiger partial charge in [0.25, 0.3) is 5.91 Å². The molecule has 0 saturated carbocycles. The summed E-state index contributed by atoms with van der Waals surface area (Å²) in [5.74, 6) is 1.10. The average Bonchev–Trinajstić information content (AvgIpc) is 2.53. The molecule has 2 aliphatic heterocycles. The van der Waals surface area contributed by atoms with Crippen LogP contribution in [0.2, 0.25) is 0 Å². The Morgan fingerprint density at radius 3 is 2.95 bits per heavy atom. The zero-order valence-corrected chi connectivity index (χ0v) is 12.1. The molecule has 3 rings (SSSR count). The largest absolute Gasteiger partial charge is 0.486 e.